The van der Waals surface area contributed by atoms with E-state index in [9.17, 15) is 4.79 Å². The maximum atomic E-state index is 10.9. The van der Waals surface area contributed by atoms with Crippen molar-refractivity contribution in [2.75, 3.05) is 14.2 Å². The van der Waals surface area contributed by atoms with Crippen LogP contribution in [0.5, 0.6) is 11.5 Å². The Kier molecular flexibility index (Phi) is 6.13. The Morgan fingerprint density at radius 2 is 1.87 bits per heavy atom. The second kappa shape index (κ2) is 6.84. The van der Waals surface area contributed by atoms with E-state index in [0.717, 1.165) is 0 Å². The lowest BCUT2D eigenvalue weighted by molar-refractivity contribution is -0.0979. The molecule has 0 unspecified atom stereocenters. The first-order valence-electron chi connectivity index (χ1n) is 3.90. The number of methoxy groups -OCH3 is 2. The Hall–Kier alpha value is -1.55. The van der Waals surface area contributed by atoms with E-state index in [1.54, 1.807) is 18.2 Å². The summed E-state index contributed by atoms with van der Waals surface area (Å²) in [4.78, 5) is 18.9. The summed E-state index contributed by atoms with van der Waals surface area (Å²) >= 11 is 5.34. The van der Waals surface area contributed by atoms with Crippen molar-refractivity contribution >= 4 is 23.6 Å². The highest BCUT2D eigenvalue weighted by atomic mass is 35.5. The van der Waals surface area contributed by atoms with Gasteiger partial charge in [-0.3, -0.25) is 4.79 Å². The van der Waals surface area contributed by atoms with Gasteiger partial charge in [-0.05, 0) is 23.7 Å². The molecule has 0 saturated heterocycles. The quantitative estimate of drug-likeness (QED) is 0.745. The number of hydrogen-bond donors (Lipinski definition) is 0. The van der Waals surface area contributed by atoms with E-state index in [1.807, 2.05) is 6.79 Å². The molecule has 0 fully saturated rings. The van der Waals surface area contributed by atoms with Crippen LogP contribution in [0.3, 0.4) is 0 Å². The van der Waals surface area contributed by atoms with Gasteiger partial charge in [-0.2, -0.15) is 0 Å². The number of rotatable bonds is 3. The maximum absolute atomic E-state index is 10.9. The fourth-order valence-electron chi connectivity index (χ4n) is 1.04. The minimum atomic E-state index is -0.559. The number of halogens is 1. The van der Waals surface area contributed by atoms with Crippen molar-refractivity contribution in [3.8, 4) is 11.5 Å². The number of para-hydroxylation sites is 1. The molecule has 0 spiro atoms. The second-order valence-electron chi connectivity index (χ2n) is 2.31. The van der Waals surface area contributed by atoms with E-state index in [1.165, 1.54) is 14.2 Å². The van der Waals surface area contributed by atoms with Crippen LogP contribution in [0.4, 0.5) is 0 Å². The largest absolute Gasteiger partial charge is 0.493 e. The van der Waals surface area contributed by atoms with Gasteiger partial charge in [0.05, 0.1) is 19.8 Å². The summed E-state index contributed by atoms with van der Waals surface area (Å²) in [6, 6.07) is 4.95. The van der Waals surface area contributed by atoms with Gasteiger partial charge >= 0.3 is 0 Å². The van der Waals surface area contributed by atoms with Crippen LogP contribution in [0.1, 0.15) is 10.4 Å². The van der Waals surface area contributed by atoms with Crippen LogP contribution in [0.25, 0.3) is 0 Å². The molecule has 15 heavy (non-hydrogen) atoms. The molecule has 0 aromatic heterocycles. The van der Waals surface area contributed by atoms with Gasteiger partial charge in [-0.25, -0.2) is 0 Å². The smallest absolute Gasteiger partial charge is 0.256 e. The first-order chi connectivity index (χ1) is 7.20. The molecule has 0 heterocycles. The fourth-order valence-corrected chi connectivity index (χ4v) is 1.19. The molecule has 5 heteroatoms. The molecule has 0 atom stereocenters. The van der Waals surface area contributed by atoms with E-state index >= 15 is 0 Å². The SMILES string of the molecule is C=O.COc1cccc(C(=O)Cl)c1OC. The summed E-state index contributed by atoms with van der Waals surface area (Å²) in [5.41, 5.74) is 0.309. The number of ether oxygens (including phenoxy) is 2. The third kappa shape index (κ3) is 3.25. The van der Waals surface area contributed by atoms with Crippen LogP contribution in [-0.2, 0) is 4.79 Å². The van der Waals surface area contributed by atoms with Crippen LogP contribution < -0.4 is 9.47 Å². The van der Waals surface area contributed by atoms with Crippen LogP contribution in [0.2, 0.25) is 0 Å². The molecule has 0 saturated carbocycles. The standard InChI is InChI=1S/C9H9ClO3.CH2O/c1-12-7-5-3-4-6(9(10)11)8(7)13-2;1-2/h3-5H,1-2H3;1H2. The highest BCUT2D eigenvalue weighted by Crippen LogP contribution is 2.31. The molecular formula is C10H11ClO4. The number of hydrogen-bond acceptors (Lipinski definition) is 4. The van der Waals surface area contributed by atoms with Crippen LogP contribution >= 0.6 is 11.6 Å². The zero-order valence-electron chi connectivity index (χ0n) is 8.45. The first kappa shape index (κ1) is 13.4. The lowest BCUT2D eigenvalue weighted by Crippen LogP contribution is -1.97. The van der Waals surface area contributed by atoms with Crippen molar-refractivity contribution in [3.63, 3.8) is 0 Å². The van der Waals surface area contributed by atoms with Crippen molar-refractivity contribution in [1.29, 1.82) is 0 Å². The summed E-state index contributed by atoms with van der Waals surface area (Å²) in [5, 5.41) is -0.559. The molecule has 0 radical (unpaired) electrons. The summed E-state index contributed by atoms with van der Waals surface area (Å²) in [5.74, 6) is 0.860. The summed E-state index contributed by atoms with van der Waals surface area (Å²) in [6.45, 7) is 2.00. The fraction of sp³-hybridized carbons (Fsp3) is 0.200. The Balaban J connectivity index is 0.000000921. The van der Waals surface area contributed by atoms with Gasteiger partial charge in [-0.1, -0.05) is 6.07 Å². The average Bonchev–Trinajstić information content (AvgIpc) is 2.30. The normalized spacial score (nSPS) is 8.47. The van der Waals surface area contributed by atoms with Gasteiger partial charge in [0.2, 0.25) is 0 Å². The molecule has 1 aromatic carbocycles. The lowest BCUT2D eigenvalue weighted by atomic mass is 10.2. The van der Waals surface area contributed by atoms with E-state index in [4.69, 9.17) is 25.9 Å². The highest BCUT2D eigenvalue weighted by molar-refractivity contribution is 6.68. The molecule has 0 amide bonds. The minimum absolute atomic E-state index is 0.309. The zero-order chi connectivity index (χ0) is 11.8. The summed E-state index contributed by atoms with van der Waals surface area (Å²) < 4.78 is 9.99. The minimum Gasteiger partial charge on any atom is -0.493 e. The first-order valence-corrected chi connectivity index (χ1v) is 4.28. The van der Waals surface area contributed by atoms with Crippen molar-refractivity contribution in [2.24, 2.45) is 0 Å². The number of benzene rings is 1. The Bertz CT molecular complexity index is 338. The molecule has 0 bridgehead atoms. The zero-order valence-corrected chi connectivity index (χ0v) is 9.21. The topological polar surface area (TPSA) is 52.6 Å². The van der Waals surface area contributed by atoms with E-state index in [0.29, 0.717) is 17.1 Å². The third-order valence-electron chi connectivity index (χ3n) is 1.61. The van der Waals surface area contributed by atoms with E-state index in [2.05, 4.69) is 0 Å². The van der Waals surface area contributed by atoms with Gasteiger partial charge in [0.15, 0.2) is 11.5 Å². The predicted molar refractivity (Wildman–Crippen MR) is 56.9 cm³/mol. The van der Waals surface area contributed by atoms with Gasteiger partial charge < -0.3 is 14.3 Å². The second-order valence-corrected chi connectivity index (χ2v) is 2.66. The van der Waals surface area contributed by atoms with Crippen LogP contribution in [0.15, 0.2) is 18.2 Å². The molecule has 1 aromatic rings. The van der Waals surface area contributed by atoms with Crippen LogP contribution in [-0.4, -0.2) is 26.3 Å². The molecule has 82 valence electrons. The summed E-state index contributed by atoms with van der Waals surface area (Å²) in [6.07, 6.45) is 0. The van der Waals surface area contributed by atoms with Gasteiger partial charge in [0.25, 0.3) is 5.24 Å². The third-order valence-corrected chi connectivity index (χ3v) is 1.82. The van der Waals surface area contributed by atoms with Crippen molar-refractivity contribution in [1.82, 2.24) is 0 Å². The molecule has 0 aliphatic rings. The highest BCUT2D eigenvalue weighted by Gasteiger charge is 2.13. The van der Waals surface area contributed by atoms with Crippen LogP contribution in [0, 0.1) is 0 Å². The van der Waals surface area contributed by atoms with E-state index in [-0.39, 0.29) is 0 Å². The average molecular weight is 231 g/mol. The Labute approximate surface area is 92.8 Å². The molecule has 0 N–H and O–H groups in total. The monoisotopic (exact) mass is 230 g/mol. The summed E-state index contributed by atoms with van der Waals surface area (Å²) in [7, 11) is 2.96. The Morgan fingerprint density at radius 1 is 1.27 bits per heavy atom. The van der Waals surface area contributed by atoms with Crippen molar-refractivity contribution in [2.45, 2.75) is 0 Å². The van der Waals surface area contributed by atoms with Crippen molar-refractivity contribution < 1.29 is 19.1 Å². The molecular weight excluding hydrogens is 220 g/mol. The molecule has 0 aliphatic carbocycles. The van der Waals surface area contributed by atoms with Gasteiger partial charge in [0, 0.05) is 0 Å². The molecule has 1 rings (SSSR count). The van der Waals surface area contributed by atoms with Gasteiger partial charge in [0.1, 0.15) is 6.79 Å². The molecule has 4 nitrogen and oxygen atoms in total. The van der Waals surface area contributed by atoms with Gasteiger partial charge in [-0.15, -0.1) is 0 Å². The predicted octanol–water partition coefficient (Wildman–Crippen LogP) is 1.90. The molecule has 0 aliphatic heterocycles. The lowest BCUT2D eigenvalue weighted by Gasteiger charge is -2.09. The van der Waals surface area contributed by atoms with E-state index < -0.39 is 5.24 Å². The number of carbonyl (C=O) groups excluding carboxylic acids is 2. The maximum Gasteiger partial charge on any atom is 0.256 e. The number of carbonyl (C=O) groups is 2. The van der Waals surface area contributed by atoms with Crippen molar-refractivity contribution in [3.05, 3.63) is 23.8 Å². The Morgan fingerprint density at radius 3 is 2.27 bits per heavy atom.